The topological polar surface area (TPSA) is 104 Å². The molecule has 0 spiro atoms. The van der Waals surface area contributed by atoms with E-state index in [1.54, 1.807) is 52.8 Å². The highest BCUT2D eigenvalue weighted by Crippen LogP contribution is 2.19. The number of pyridine rings is 1. The molecule has 8 nitrogen and oxygen atoms in total. The van der Waals surface area contributed by atoms with Gasteiger partial charge in [-0.3, -0.25) is 10.3 Å². The summed E-state index contributed by atoms with van der Waals surface area (Å²) in [5.41, 5.74) is -2.50. The van der Waals surface area contributed by atoms with E-state index in [-0.39, 0.29) is 19.6 Å². The molecular formula is C18H26N2O6. The van der Waals surface area contributed by atoms with Crippen molar-refractivity contribution in [3.05, 3.63) is 30.1 Å². The number of hydrogen-bond donors (Lipinski definition) is 1. The summed E-state index contributed by atoms with van der Waals surface area (Å²) < 4.78 is 15.3. The SMILES string of the molecule is CCOC(=O)C(Cc1ccccn1)(NC(=O)OC(C)(C)C)C(=O)OCC. The summed E-state index contributed by atoms with van der Waals surface area (Å²) in [5, 5.41) is 2.35. The standard InChI is InChI=1S/C18H26N2O6/c1-6-24-14(21)18(15(22)25-7-2,12-13-10-8-9-11-19-13)20-16(23)26-17(3,4)5/h8-11H,6-7,12H2,1-5H3,(H,20,23). The number of rotatable bonds is 7. The molecule has 0 atom stereocenters. The van der Waals surface area contributed by atoms with E-state index in [4.69, 9.17) is 14.2 Å². The molecule has 1 aromatic heterocycles. The molecule has 26 heavy (non-hydrogen) atoms. The molecule has 0 aliphatic carbocycles. The Morgan fingerprint density at radius 3 is 2.04 bits per heavy atom. The average molecular weight is 366 g/mol. The molecule has 0 aliphatic rings. The second-order valence-corrected chi connectivity index (χ2v) is 6.47. The number of aromatic nitrogens is 1. The van der Waals surface area contributed by atoms with Crippen molar-refractivity contribution in [2.75, 3.05) is 13.2 Å². The summed E-state index contributed by atoms with van der Waals surface area (Å²) in [6, 6.07) is 5.03. The number of hydrogen-bond acceptors (Lipinski definition) is 7. The van der Waals surface area contributed by atoms with Crippen LogP contribution >= 0.6 is 0 Å². The molecule has 1 N–H and O–H groups in total. The minimum absolute atomic E-state index is 0.0260. The lowest BCUT2D eigenvalue weighted by atomic mass is 9.93. The monoisotopic (exact) mass is 366 g/mol. The molecule has 0 bridgehead atoms. The number of nitrogens with one attached hydrogen (secondary N) is 1. The minimum atomic E-state index is -2.09. The second-order valence-electron chi connectivity index (χ2n) is 6.47. The fraction of sp³-hybridized carbons (Fsp3) is 0.556. The highest BCUT2D eigenvalue weighted by molar-refractivity contribution is 6.07. The van der Waals surface area contributed by atoms with Crippen LogP contribution in [0.5, 0.6) is 0 Å². The van der Waals surface area contributed by atoms with E-state index in [1.165, 1.54) is 6.20 Å². The number of carbonyl (C=O) groups is 3. The van der Waals surface area contributed by atoms with Gasteiger partial charge in [0.05, 0.1) is 13.2 Å². The van der Waals surface area contributed by atoms with Crippen molar-refractivity contribution in [3.63, 3.8) is 0 Å². The third-order valence-electron chi connectivity index (χ3n) is 3.13. The van der Waals surface area contributed by atoms with Gasteiger partial charge in [0.1, 0.15) is 5.60 Å². The van der Waals surface area contributed by atoms with E-state index in [0.717, 1.165) is 0 Å². The van der Waals surface area contributed by atoms with Crippen molar-refractivity contribution in [2.45, 2.75) is 52.2 Å². The van der Waals surface area contributed by atoms with Crippen molar-refractivity contribution >= 4 is 18.0 Å². The number of amides is 1. The van der Waals surface area contributed by atoms with Crippen LogP contribution < -0.4 is 5.32 Å². The molecule has 0 saturated heterocycles. The van der Waals surface area contributed by atoms with Gasteiger partial charge in [0.15, 0.2) is 0 Å². The van der Waals surface area contributed by atoms with E-state index >= 15 is 0 Å². The first kappa shape index (κ1) is 21.4. The second kappa shape index (κ2) is 9.17. The molecule has 0 unspecified atom stereocenters. The first-order chi connectivity index (χ1) is 12.1. The van der Waals surface area contributed by atoms with Gasteiger partial charge < -0.3 is 14.2 Å². The Hall–Kier alpha value is -2.64. The van der Waals surface area contributed by atoms with Gasteiger partial charge in [-0.25, -0.2) is 14.4 Å². The summed E-state index contributed by atoms with van der Waals surface area (Å²) in [7, 11) is 0. The Bertz CT molecular complexity index is 606. The third-order valence-corrected chi connectivity index (χ3v) is 3.13. The summed E-state index contributed by atoms with van der Waals surface area (Å²) >= 11 is 0. The van der Waals surface area contributed by atoms with Crippen LogP contribution in [-0.4, -0.2) is 47.4 Å². The zero-order valence-corrected chi connectivity index (χ0v) is 15.8. The third kappa shape index (κ3) is 6.02. The minimum Gasteiger partial charge on any atom is -0.464 e. The number of alkyl carbamates (subject to hydrolysis) is 1. The molecule has 0 aromatic carbocycles. The maximum Gasteiger partial charge on any atom is 0.409 e. The molecule has 8 heteroatoms. The average Bonchev–Trinajstić information content (AvgIpc) is 2.53. The first-order valence-electron chi connectivity index (χ1n) is 8.40. The van der Waals surface area contributed by atoms with Gasteiger partial charge in [0.2, 0.25) is 5.54 Å². The number of nitrogens with zero attached hydrogens (tertiary/aromatic N) is 1. The molecule has 0 radical (unpaired) electrons. The van der Waals surface area contributed by atoms with Crippen LogP contribution in [0.15, 0.2) is 24.4 Å². The van der Waals surface area contributed by atoms with Crippen molar-refractivity contribution < 1.29 is 28.6 Å². The van der Waals surface area contributed by atoms with E-state index in [1.807, 2.05) is 0 Å². The molecule has 1 amide bonds. The molecule has 1 aromatic rings. The summed E-state index contributed by atoms with van der Waals surface area (Å²) in [4.78, 5) is 41.8. The van der Waals surface area contributed by atoms with E-state index < -0.39 is 29.2 Å². The molecule has 1 rings (SSSR count). The van der Waals surface area contributed by atoms with Crippen LogP contribution in [0.25, 0.3) is 0 Å². The van der Waals surface area contributed by atoms with Gasteiger partial charge in [-0.2, -0.15) is 0 Å². The van der Waals surface area contributed by atoms with E-state index in [0.29, 0.717) is 5.69 Å². The van der Waals surface area contributed by atoms with Crippen molar-refractivity contribution in [2.24, 2.45) is 0 Å². The van der Waals surface area contributed by atoms with Gasteiger partial charge in [-0.1, -0.05) is 6.07 Å². The van der Waals surface area contributed by atoms with Gasteiger partial charge in [0, 0.05) is 18.3 Å². The van der Waals surface area contributed by atoms with Crippen LogP contribution in [0.3, 0.4) is 0 Å². The predicted octanol–water partition coefficient (Wildman–Crippen LogP) is 2.01. The molecule has 144 valence electrons. The molecular weight excluding hydrogens is 340 g/mol. The van der Waals surface area contributed by atoms with E-state index in [2.05, 4.69) is 10.3 Å². The molecule has 0 fully saturated rings. The Morgan fingerprint density at radius 1 is 1.04 bits per heavy atom. The lowest BCUT2D eigenvalue weighted by Gasteiger charge is -2.31. The smallest absolute Gasteiger partial charge is 0.409 e. The Morgan fingerprint density at radius 2 is 1.62 bits per heavy atom. The van der Waals surface area contributed by atoms with Gasteiger partial charge in [-0.05, 0) is 46.8 Å². The van der Waals surface area contributed by atoms with Crippen molar-refractivity contribution in [1.29, 1.82) is 0 Å². The molecule has 1 heterocycles. The van der Waals surface area contributed by atoms with Crippen molar-refractivity contribution in [1.82, 2.24) is 10.3 Å². The number of esters is 2. The Balaban J connectivity index is 3.30. The number of ether oxygens (including phenoxy) is 3. The molecule has 0 aliphatic heterocycles. The van der Waals surface area contributed by atoms with Gasteiger partial charge >= 0.3 is 18.0 Å². The van der Waals surface area contributed by atoms with Crippen LogP contribution in [-0.2, 0) is 30.2 Å². The largest absolute Gasteiger partial charge is 0.464 e. The van der Waals surface area contributed by atoms with Gasteiger partial charge in [-0.15, -0.1) is 0 Å². The highest BCUT2D eigenvalue weighted by atomic mass is 16.6. The zero-order chi connectivity index (χ0) is 19.8. The highest BCUT2D eigenvalue weighted by Gasteiger charge is 2.51. The summed E-state index contributed by atoms with van der Waals surface area (Å²) in [5.74, 6) is -1.87. The predicted molar refractivity (Wildman–Crippen MR) is 93.3 cm³/mol. The Kier molecular flexibility index (Phi) is 7.55. The fourth-order valence-corrected chi connectivity index (χ4v) is 2.13. The first-order valence-corrected chi connectivity index (χ1v) is 8.40. The summed E-state index contributed by atoms with van der Waals surface area (Å²) in [6.07, 6.45) is 0.351. The zero-order valence-electron chi connectivity index (χ0n) is 15.8. The summed E-state index contributed by atoms with van der Waals surface area (Å²) in [6.45, 7) is 8.26. The van der Waals surface area contributed by atoms with Crippen LogP contribution in [0.1, 0.15) is 40.3 Å². The van der Waals surface area contributed by atoms with Crippen LogP contribution in [0.2, 0.25) is 0 Å². The molecule has 0 saturated carbocycles. The lowest BCUT2D eigenvalue weighted by Crippen LogP contribution is -2.63. The van der Waals surface area contributed by atoms with E-state index in [9.17, 15) is 14.4 Å². The Labute approximate surface area is 153 Å². The quantitative estimate of drug-likeness (QED) is 0.447. The van der Waals surface area contributed by atoms with Crippen LogP contribution in [0, 0.1) is 0 Å². The fourth-order valence-electron chi connectivity index (χ4n) is 2.13. The number of carbonyl (C=O) groups excluding carboxylic acids is 3. The maximum absolute atomic E-state index is 12.7. The lowest BCUT2D eigenvalue weighted by molar-refractivity contribution is -0.166. The maximum atomic E-state index is 12.7. The van der Waals surface area contributed by atoms with Crippen LogP contribution in [0.4, 0.5) is 4.79 Å². The van der Waals surface area contributed by atoms with Gasteiger partial charge in [0.25, 0.3) is 0 Å². The normalized spacial score (nSPS) is 11.4. The van der Waals surface area contributed by atoms with Crippen molar-refractivity contribution in [3.8, 4) is 0 Å².